The Morgan fingerprint density at radius 2 is 1.09 bits per heavy atom. The Bertz CT molecular complexity index is 1190. The zero-order valence-corrected chi connectivity index (χ0v) is 20.4. The number of rotatable bonds is 7. The number of anilines is 1. The second-order valence-electron chi connectivity index (χ2n) is 8.09. The molecule has 35 heavy (non-hydrogen) atoms. The molecule has 1 aliphatic rings. The van der Waals surface area contributed by atoms with E-state index in [9.17, 15) is 4.79 Å². The minimum Gasteiger partial charge on any atom is -0.493 e. The van der Waals surface area contributed by atoms with Crippen molar-refractivity contribution in [1.29, 1.82) is 0 Å². The molecule has 3 aromatic carbocycles. The quantitative estimate of drug-likeness (QED) is 0.437. The first-order valence-corrected chi connectivity index (χ1v) is 11.3. The van der Waals surface area contributed by atoms with Gasteiger partial charge >= 0.3 is 0 Å². The van der Waals surface area contributed by atoms with Crippen molar-refractivity contribution in [3.63, 3.8) is 0 Å². The SMILES string of the molecule is COc1ccc(C=C2CN(c3ccccc3)CC(=Cc3ccc(OC)c(OC)c3)C2=O)cc1OC. The standard InChI is InChI=1S/C29H29NO5/c1-32-25-12-10-20(16-27(25)34-3)14-22-18-30(24-8-6-5-7-9-24)19-23(29(22)31)15-21-11-13-26(33-2)28(17-21)35-4/h5-17H,18-19H2,1-4H3. The topological polar surface area (TPSA) is 57.2 Å². The highest BCUT2D eigenvalue weighted by Gasteiger charge is 2.26. The molecule has 0 N–H and O–H groups in total. The van der Waals surface area contributed by atoms with Crippen LogP contribution in [0.5, 0.6) is 23.0 Å². The van der Waals surface area contributed by atoms with Crippen molar-refractivity contribution in [3.8, 4) is 23.0 Å². The molecule has 0 saturated carbocycles. The molecule has 0 atom stereocenters. The van der Waals surface area contributed by atoms with Crippen molar-refractivity contribution in [2.45, 2.75) is 0 Å². The number of ketones is 1. The van der Waals surface area contributed by atoms with Gasteiger partial charge in [-0.2, -0.15) is 0 Å². The summed E-state index contributed by atoms with van der Waals surface area (Å²) in [5, 5.41) is 0. The molecule has 6 heteroatoms. The molecule has 0 aromatic heterocycles. The first kappa shape index (κ1) is 24.0. The zero-order valence-electron chi connectivity index (χ0n) is 20.4. The highest BCUT2D eigenvalue weighted by atomic mass is 16.5. The lowest BCUT2D eigenvalue weighted by atomic mass is 9.93. The second-order valence-corrected chi connectivity index (χ2v) is 8.09. The summed E-state index contributed by atoms with van der Waals surface area (Å²) < 4.78 is 21.6. The van der Waals surface area contributed by atoms with Crippen LogP contribution in [0.3, 0.4) is 0 Å². The summed E-state index contributed by atoms with van der Waals surface area (Å²) in [6, 6.07) is 21.4. The Morgan fingerprint density at radius 3 is 1.51 bits per heavy atom. The number of Topliss-reactive ketones (excluding diaryl/α,β-unsaturated/α-hetero) is 1. The maximum atomic E-state index is 13.6. The molecule has 0 bridgehead atoms. The lowest BCUT2D eigenvalue weighted by Gasteiger charge is -2.31. The van der Waals surface area contributed by atoms with Gasteiger partial charge in [-0.1, -0.05) is 30.3 Å². The summed E-state index contributed by atoms with van der Waals surface area (Å²) in [6.07, 6.45) is 3.84. The van der Waals surface area contributed by atoms with Crippen LogP contribution in [0.2, 0.25) is 0 Å². The normalized spacial score (nSPS) is 15.9. The number of ether oxygens (including phenoxy) is 4. The van der Waals surface area contributed by atoms with Gasteiger partial charge in [0.15, 0.2) is 28.8 Å². The van der Waals surface area contributed by atoms with Crippen LogP contribution in [0.1, 0.15) is 11.1 Å². The van der Waals surface area contributed by atoms with Crippen molar-refractivity contribution in [1.82, 2.24) is 0 Å². The van der Waals surface area contributed by atoms with Crippen LogP contribution in [0.4, 0.5) is 5.69 Å². The van der Waals surface area contributed by atoms with Gasteiger partial charge in [0.05, 0.1) is 28.4 Å². The van der Waals surface area contributed by atoms with Gasteiger partial charge in [0.1, 0.15) is 0 Å². The van der Waals surface area contributed by atoms with Crippen LogP contribution >= 0.6 is 0 Å². The number of hydrogen-bond acceptors (Lipinski definition) is 6. The largest absolute Gasteiger partial charge is 0.493 e. The van der Waals surface area contributed by atoms with Gasteiger partial charge in [-0.15, -0.1) is 0 Å². The monoisotopic (exact) mass is 471 g/mol. The van der Waals surface area contributed by atoms with Gasteiger partial charge in [-0.25, -0.2) is 0 Å². The average molecular weight is 472 g/mol. The molecule has 1 saturated heterocycles. The Hall–Kier alpha value is -4.19. The summed E-state index contributed by atoms with van der Waals surface area (Å²) >= 11 is 0. The van der Waals surface area contributed by atoms with Crippen LogP contribution < -0.4 is 23.8 Å². The zero-order chi connectivity index (χ0) is 24.8. The predicted molar refractivity (Wildman–Crippen MR) is 139 cm³/mol. The molecule has 1 heterocycles. The van der Waals surface area contributed by atoms with Gasteiger partial charge < -0.3 is 23.8 Å². The smallest absolute Gasteiger partial charge is 0.188 e. The first-order chi connectivity index (χ1) is 17.1. The van der Waals surface area contributed by atoms with Crippen LogP contribution in [-0.2, 0) is 4.79 Å². The summed E-state index contributed by atoms with van der Waals surface area (Å²) in [6.45, 7) is 1.00. The molecule has 0 radical (unpaired) electrons. The fourth-order valence-electron chi connectivity index (χ4n) is 4.15. The number of carbonyl (C=O) groups excluding carboxylic acids is 1. The van der Waals surface area contributed by atoms with E-state index in [4.69, 9.17) is 18.9 Å². The lowest BCUT2D eigenvalue weighted by molar-refractivity contribution is -0.112. The van der Waals surface area contributed by atoms with Crippen LogP contribution in [0, 0.1) is 0 Å². The summed E-state index contributed by atoms with van der Waals surface area (Å²) in [5.41, 5.74) is 4.17. The fraction of sp³-hybridized carbons (Fsp3) is 0.207. The molecule has 0 aliphatic carbocycles. The molecular formula is C29H29NO5. The van der Waals surface area contributed by atoms with Gasteiger partial charge in [-0.3, -0.25) is 4.79 Å². The minimum atomic E-state index is 0.0155. The molecule has 6 nitrogen and oxygen atoms in total. The maximum absolute atomic E-state index is 13.6. The molecule has 0 unspecified atom stereocenters. The van der Waals surface area contributed by atoms with E-state index in [-0.39, 0.29) is 5.78 Å². The summed E-state index contributed by atoms with van der Waals surface area (Å²) in [4.78, 5) is 15.8. The van der Waals surface area contributed by atoms with E-state index in [1.807, 2.05) is 66.7 Å². The van der Waals surface area contributed by atoms with E-state index in [1.54, 1.807) is 28.4 Å². The number of benzene rings is 3. The minimum absolute atomic E-state index is 0.0155. The Kier molecular flexibility index (Phi) is 7.41. The Morgan fingerprint density at radius 1 is 0.629 bits per heavy atom. The van der Waals surface area contributed by atoms with E-state index in [0.717, 1.165) is 16.8 Å². The number of hydrogen-bond donors (Lipinski definition) is 0. The fourth-order valence-corrected chi connectivity index (χ4v) is 4.15. The van der Waals surface area contributed by atoms with E-state index < -0.39 is 0 Å². The number of piperidine rings is 1. The molecule has 180 valence electrons. The Balaban J connectivity index is 1.75. The summed E-state index contributed by atoms with van der Waals surface area (Å²) in [7, 11) is 6.40. The maximum Gasteiger partial charge on any atom is 0.188 e. The third-order valence-electron chi connectivity index (χ3n) is 5.92. The molecular weight excluding hydrogens is 442 g/mol. The van der Waals surface area contributed by atoms with Crippen LogP contribution in [-0.4, -0.2) is 47.3 Å². The van der Waals surface area contributed by atoms with Crippen molar-refractivity contribution in [3.05, 3.63) is 89.0 Å². The van der Waals surface area contributed by atoms with E-state index in [0.29, 0.717) is 47.2 Å². The molecule has 0 amide bonds. The van der Waals surface area contributed by atoms with E-state index in [1.165, 1.54) is 0 Å². The lowest BCUT2D eigenvalue weighted by Crippen LogP contribution is -2.37. The van der Waals surface area contributed by atoms with Crippen molar-refractivity contribution in [2.75, 3.05) is 46.4 Å². The predicted octanol–water partition coefficient (Wildman–Crippen LogP) is 5.28. The number of carbonyl (C=O) groups is 1. The summed E-state index contributed by atoms with van der Waals surface area (Å²) in [5.74, 6) is 2.54. The number of nitrogens with zero attached hydrogens (tertiary/aromatic N) is 1. The van der Waals surface area contributed by atoms with Crippen LogP contribution in [0.15, 0.2) is 77.9 Å². The van der Waals surface area contributed by atoms with Gasteiger partial charge in [-0.05, 0) is 59.7 Å². The highest BCUT2D eigenvalue weighted by Crippen LogP contribution is 2.32. The highest BCUT2D eigenvalue weighted by molar-refractivity contribution is 6.15. The molecule has 1 fully saturated rings. The third-order valence-corrected chi connectivity index (χ3v) is 5.92. The molecule has 1 aliphatic heterocycles. The van der Waals surface area contributed by atoms with Crippen LogP contribution in [0.25, 0.3) is 12.2 Å². The number of para-hydroxylation sites is 1. The van der Waals surface area contributed by atoms with Gasteiger partial charge in [0.2, 0.25) is 0 Å². The first-order valence-electron chi connectivity index (χ1n) is 11.3. The van der Waals surface area contributed by atoms with Crippen molar-refractivity contribution >= 4 is 23.6 Å². The molecule has 3 aromatic rings. The third kappa shape index (κ3) is 5.32. The van der Waals surface area contributed by atoms with Crippen molar-refractivity contribution < 1.29 is 23.7 Å². The van der Waals surface area contributed by atoms with Gasteiger partial charge in [0, 0.05) is 29.9 Å². The van der Waals surface area contributed by atoms with E-state index in [2.05, 4.69) is 17.0 Å². The number of methoxy groups -OCH3 is 4. The molecule has 4 rings (SSSR count). The second kappa shape index (κ2) is 10.8. The van der Waals surface area contributed by atoms with Gasteiger partial charge in [0.25, 0.3) is 0 Å². The molecule has 0 spiro atoms. The average Bonchev–Trinajstić information content (AvgIpc) is 2.91. The van der Waals surface area contributed by atoms with E-state index >= 15 is 0 Å². The van der Waals surface area contributed by atoms with Crippen molar-refractivity contribution in [2.24, 2.45) is 0 Å². The Labute approximate surface area is 206 Å².